The van der Waals surface area contributed by atoms with Crippen molar-refractivity contribution >= 4 is 28.5 Å². The van der Waals surface area contributed by atoms with E-state index in [4.69, 9.17) is 11.6 Å². The summed E-state index contributed by atoms with van der Waals surface area (Å²) in [6.07, 6.45) is 3.38. The summed E-state index contributed by atoms with van der Waals surface area (Å²) in [6.45, 7) is 0. The van der Waals surface area contributed by atoms with Crippen LogP contribution < -0.4 is 0 Å². The van der Waals surface area contributed by atoms with Gasteiger partial charge in [-0.1, -0.05) is 29.8 Å². The summed E-state index contributed by atoms with van der Waals surface area (Å²) in [7, 11) is -0.914. The SMILES string of the molecule is CS(=O)/C=C\c1ccccc1Cl. The topological polar surface area (TPSA) is 17.1 Å². The maximum Gasteiger partial charge on any atom is 0.0478 e. The van der Waals surface area contributed by atoms with Gasteiger partial charge >= 0.3 is 0 Å². The van der Waals surface area contributed by atoms with Crippen LogP contribution in [0.3, 0.4) is 0 Å². The maximum absolute atomic E-state index is 10.7. The highest BCUT2D eigenvalue weighted by Crippen LogP contribution is 2.16. The summed E-state index contributed by atoms with van der Waals surface area (Å²) in [6, 6.07) is 7.44. The van der Waals surface area contributed by atoms with Crippen LogP contribution >= 0.6 is 11.6 Å². The summed E-state index contributed by atoms with van der Waals surface area (Å²) < 4.78 is 10.7. The number of hydrogen-bond acceptors (Lipinski definition) is 1. The molecule has 0 N–H and O–H groups in total. The molecular weight excluding hydrogens is 192 g/mol. The zero-order valence-electron chi connectivity index (χ0n) is 6.66. The molecule has 1 rings (SSSR count). The van der Waals surface area contributed by atoms with E-state index in [0.717, 1.165) is 5.56 Å². The van der Waals surface area contributed by atoms with E-state index >= 15 is 0 Å². The molecule has 0 saturated heterocycles. The Morgan fingerprint density at radius 2 is 2.08 bits per heavy atom. The molecule has 0 spiro atoms. The van der Waals surface area contributed by atoms with Gasteiger partial charge in [-0.05, 0) is 17.7 Å². The Morgan fingerprint density at radius 1 is 1.42 bits per heavy atom. The van der Waals surface area contributed by atoms with Crippen molar-refractivity contribution in [1.29, 1.82) is 0 Å². The summed E-state index contributed by atoms with van der Waals surface area (Å²) in [5, 5.41) is 2.29. The molecule has 1 atom stereocenters. The van der Waals surface area contributed by atoms with Crippen LogP contribution in [0.4, 0.5) is 0 Å². The van der Waals surface area contributed by atoms with E-state index in [-0.39, 0.29) is 0 Å². The van der Waals surface area contributed by atoms with E-state index in [2.05, 4.69) is 0 Å². The lowest BCUT2D eigenvalue weighted by atomic mass is 10.2. The molecule has 0 bridgehead atoms. The Hall–Kier alpha value is -0.600. The number of benzene rings is 1. The van der Waals surface area contributed by atoms with Gasteiger partial charge < -0.3 is 0 Å². The third-order valence-corrected chi connectivity index (χ3v) is 2.21. The van der Waals surface area contributed by atoms with Crippen molar-refractivity contribution in [2.45, 2.75) is 0 Å². The first-order valence-corrected chi connectivity index (χ1v) is 5.45. The molecular formula is C9H9ClOS. The molecule has 0 aliphatic heterocycles. The second-order valence-corrected chi connectivity index (χ2v) is 4.00. The van der Waals surface area contributed by atoms with Crippen molar-refractivity contribution < 1.29 is 4.21 Å². The van der Waals surface area contributed by atoms with Gasteiger partial charge in [0.1, 0.15) is 0 Å². The van der Waals surface area contributed by atoms with Crippen molar-refractivity contribution in [3.8, 4) is 0 Å². The Labute approximate surface area is 79.5 Å². The van der Waals surface area contributed by atoms with Crippen molar-refractivity contribution in [3.05, 3.63) is 40.3 Å². The summed E-state index contributed by atoms with van der Waals surface area (Å²) >= 11 is 5.86. The largest absolute Gasteiger partial charge is 0.255 e. The van der Waals surface area contributed by atoms with E-state index in [1.54, 1.807) is 23.8 Å². The van der Waals surface area contributed by atoms with E-state index < -0.39 is 10.8 Å². The third-order valence-electron chi connectivity index (χ3n) is 1.34. The smallest absolute Gasteiger partial charge is 0.0478 e. The molecule has 3 heteroatoms. The molecule has 0 radical (unpaired) electrons. The lowest BCUT2D eigenvalue weighted by molar-refractivity contribution is 0.692. The molecule has 0 amide bonds. The van der Waals surface area contributed by atoms with Crippen LogP contribution in [0.2, 0.25) is 5.02 Å². The fourth-order valence-corrected chi connectivity index (χ4v) is 1.32. The molecule has 64 valence electrons. The van der Waals surface area contributed by atoms with Gasteiger partial charge in [0.2, 0.25) is 0 Å². The van der Waals surface area contributed by atoms with Crippen LogP contribution in [0.15, 0.2) is 29.7 Å². The average Bonchev–Trinajstić information content (AvgIpc) is 2.03. The van der Waals surface area contributed by atoms with Crippen LogP contribution in [0, 0.1) is 0 Å². The predicted octanol–water partition coefficient (Wildman–Crippen LogP) is 2.69. The molecule has 1 aromatic carbocycles. The summed E-state index contributed by atoms with van der Waals surface area (Å²) in [5.41, 5.74) is 0.898. The number of halogens is 1. The van der Waals surface area contributed by atoms with E-state index in [1.165, 1.54) is 0 Å². The zero-order valence-corrected chi connectivity index (χ0v) is 8.23. The van der Waals surface area contributed by atoms with E-state index in [9.17, 15) is 4.21 Å². The molecule has 1 unspecified atom stereocenters. The fourth-order valence-electron chi connectivity index (χ4n) is 0.779. The lowest BCUT2D eigenvalue weighted by Crippen LogP contribution is -1.77. The van der Waals surface area contributed by atoms with Gasteiger partial charge in [0.25, 0.3) is 0 Å². The van der Waals surface area contributed by atoms with Gasteiger partial charge in [-0.3, -0.25) is 4.21 Å². The minimum Gasteiger partial charge on any atom is -0.255 e. The Morgan fingerprint density at radius 3 is 2.67 bits per heavy atom. The van der Waals surface area contributed by atoms with Gasteiger partial charge in [0.05, 0.1) is 0 Å². The van der Waals surface area contributed by atoms with Crippen molar-refractivity contribution in [2.24, 2.45) is 0 Å². The lowest BCUT2D eigenvalue weighted by Gasteiger charge is -1.94. The van der Waals surface area contributed by atoms with Crippen LogP contribution in [-0.4, -0.2) is 10.5 Å². The highest BCUT2D eigenvalue weighted by Gasteiger charge is 1.92. The van der Waals surface area contributed by atoms with Crippen molar-refractivity contribution in [3.63, 3.8) is 0 Å². The molecule has 0 fully saturated rings. The summed E-state index contributed by atoms with van der Waals surface area (Å²) in [4.78, 5) is 0. The molecule has 12 heavy (non-hydrogen) atoms. The van der Waals surface area contributed by atoms with E-state index in [0.29, 0.717) is 5.02 Å². The van der Waals surface area contributed by atoms with Crippen LogP contribution in [0.5, 0.6) is 0 Å². The third kappa shape index (κ3) is 2.80. The van der Waals surface area contributed by atoms with Crippen LogP contribution in [0.1, 0.15) is 5.56 Å². The Bertz CT molecular complexity index is 320. The quantitative estimate of drug-likeness (QED) is 0.718. The van der Waals surface area contributed by atoms with E-state index in [1.807, 2.05) is 18.2 Å². The minimum absolute atomic E-state index is 0.680. The highest BCUT2D eigenvalue weighted by atomic mass is 35.5. The van der Waals surface area contributed by atoms with Gasteiger partial charge in [0, 0.05) is 27.5 Å². The maximum atomic E-state index is 10.7. The molecule has 0 aliphatic carbocycles. The first-order chi connectivity index (χ1) is 5.70. The first-order valence-electron chi connectivity index (χ1n) is 3.45. The normalized spacial score (nSPS) is 13.5. The van der Waals surface area contributed by atoms with Crippen LogP contribution in [0.25, 0.3) is 6.08 Å². The second kappa shape index (κ2) is 4.43. The highest BCUT2D eigenvalue weighted by molar-refractivity contribution is 7.87. The molecule has 0 saturated carbocycles. The first kappa shape index (κ1) is 9.49. The Kier molecular flexibility index (Phi) is 3.50. The fraction of sp³-hybridized carbons (Fsp3) is 0.111. The second-order valence-electron chi connectivity index (χ2n) is 2.32. The standard InChI is InChI=1S/C9H9ClOS/c1-12(11)7-6-8-4-2-3-5-9(8)10/h2-7H,1H3/b7-6-. The minimum atomic E-state index is -0.914. The number of hydrogen-bond donors (Lipinski definition) is 0. The van der Waals surface area contributed by atoms with Gasteiger partial charge in [-0.2, -0.15) is 0 Å². The molecule has 0 aliphatic rings. The predicted molar refractivity (Wildman–Crippen MR) is 54.6 cm³/mol. The average molecular weight is 201 g/mol. The van der Waals surface area contributed by atoms with Gasteiger partial charge in [-0.25, -0.2) is 0 Å². The monoisotopic (exact) mass is 200 g/mol. The molecule has 1 nitrogen and oxygen atoms in total. The molecule has 0 heterocycles. The summed E-state index contributed by atoms with van der Waals surface area (Å²) in [5.74, 6) is 0. The van der Waals surface area contributed by atoms with Crippen LogP contribution in [-0.2, 0) is 10.8 Å². The number of rotatable bonds is 2. The van der Waals surface area contributed by atoms with Gasteiger partial charge in [-0.15, -0.1) is 0 Å². The zero-order chi connectivity index (χ0) is 8.97. The van der Waals surface area contributed by atoms with Gasteiger partial charge in [0.15, 0.2) is 0 Å². The van der Waals surface area contributed by atoms with Crippen molar-refractivity contribution in [2.75, 3.05) is 6.26 Å². The van der Waals surface area contributed by atoms with Crippen molar-refractivity contribution in [1.82, 2.24) is 0 Å². The Balaban J connectivity index is 2.89. The molecule has 1 aromatic rings. The molecule has 0 aromatic heterocycles.